The number of aliphatic imine (C=N–C) groups is 1. The Bertz CT molecular complexity index is 1720. The molecule has 0 radical (unpaired) electrons. The molecule has 5 rings (SSSR count). The molecule has 0 aromatic heterocycles. The number of carbonyl (C=O) groups excluding carboxylic acids is 2. The maximum absolute atomic E-state index is 13.7. The Morgan fingerprint density at radius 1 is 0.854 bits per heavy atom. The van der Waals surface area contributed by atoms with Gasteiger partial charge in [-0.15, -0.1) is 0 Å². The van der Waals surface area contributed by atoms with Crippen LogP contribution in [0.3, 0.4) is 0 Å². The maximum Gasteiger partial charge on any atom is 0.264 e. The van der Waals surface area contributed by atoms with Crippen LogP contribution >= 0.6 is 0 Å². The summed E-state index contributed by atoms with van der Waals surface area (Å²) in [5, 5.41) is 2.94. The highest BCUT2D eigenvalue weighted by Crippen LogP contribution is 2.36. The summed E-state index contributed by atoms with van der Waals surface area (Å²) < 4.78 is 28.4. The summed E-state index contributed by atoms with van der Waals surface area (Å²) in [6.45, 7) is 1.51. The zero-order valence-electron chi connectivity index (χ0n) is 23.0. The van der Waals surface area contributed by atoms with Crippen molar-refractivity contribution < 1.29 is 18.0 Å². The van der Waals surface area contributed by atoms with Crippen LogP contribution in [0.25, 0.3) is 0 Å². The van der Waals surface area contributed by atoms with E-state index in [0.717, 1.165) is 26.7 Å². The number of rotatable bonds is 8. The lowest BCUT2D eigenvalue weighted by Crippen LogP contribution is -2.40. The van der Waals surface area contributed by atoms with Crippen molar-refractivity contribution in [1.29, 1.82) is 0 Å². The van der Waals surface area contributed by atoms with E-state index in [1.807, 2.05) is 61.5 Å². The second-order valence-corrected chi connectivity index (χ2v) is 11.9. The third-order valence-corrected chi connectivity index (χ3v) is 8.70. The molecule has 1 N–H and O–H groups in total. The van der Waals surface area contributed by atoms with Gasteiger partial charge in [-0.05, 0) is 60.5 Å². The molecule has 0 fully saturated rings. The van der Waals surface area contributed by atoms with Crippen LogP contribution in [-0.2, 0) is 19.6 Å². The first kappa shape index (κ1) is 27.8. The van der Waals surface area contributed by atoms with Crippen LogP contribution in [-0.4, -0.2) is 51.5 Å². The van der Waals surface area contributed by atoms with Crippen LogP contribution in [0.1, 0.15) is 22.6 Å². The van der Waals surface area contributed by atoms with Gasteiger partial charge in [0.15, 0.2) is 0 Å². The van der Waals surface area contributed by atoms with Crippen LogP contribution in [0.2, 0.25) is 0 Å². The first-order valence-corrected chi connectivity index (χ1v) is 14.5. The van der Waals surface area contributed by atoms with E-state index in [0.29, 0.717) is 17.1 Å². The van der Waals surface area contributed by atoms with Gasteiger partial charge in [0, 0.05) is 19.8 Å². The Morgan fingerprint density at radius 2 is 1.49 bits per heavy atom. The zero-order valence-corrected chi connectivity index (χ0v) is 23.8. The molecular formula is C32H30N4O4S. The summed E-state index contributed by atoms with van der Waals surface area (Å²) in [7, 11) is -0.870. The molecule has 0 saturated carbocycles. The molecular weight excluding hydrogens is 536 g/mol. The van der Waals surface area contributed by atoms with Gasteiger partial charge in [-0.1, -0.05) is 66.2 Å². The molecule has 2 amide bonds. The third kappa shape index (κ3) is 5.76. The fraction of sp³-hybridized carbons (Fsp3) is 0.156. The summed E-state index contributed by atoms with van der Waals surface area (Å²) in [6, 6.07) is 30.2. The Balaban J connectivity index is 1.55. The minimum absolute atomic E-state index is 0.0917. The maximum atomic E-state index is 13.7. The summed E-state index contributed by atoms with van der Waals surface area (Å²) in [4.78, 5) is 32.1. The fourth-order valence-corrected chi connectivity index (χ4v) is 6.05. The number of fused-ring (bicyclic) bond motifs is 1. The Labute approximate surface area is 240 Å². The van der Waals surface area contributed by atoms with Gasteiger partial charge in [0.05, 0.1) is 22.0 Å². The molecule has 0 spiro atoms. The van der Waals surface area contributed by atoms with Crippen LogP contribution in [0, 0.1) is 6.92 Å². The average Bonchev–Trinajstić information content (AvgIpc) is 3.31. The fourth-order valence-electron chi connectivity index (χ4n) is 4.63. The molecule has 9 heteroatoms. The lowest BCUT2D eigenvalue weighted by atomic mass is 9.90. The summed E-state index contributed by atoms with van der Waals surface area (Å²) in [6.07, 6.45) is 0. The predicted molar refractivity (Wildman–Crippen MR) is 161 cm³/mol. The zero-order chi connectivity index (χ0) is 29.1. The van der Waals surface area contributed by atoms with E-state index < -0.39 is 15.9 Å². The lowest BCUT2D eigenvalue weighted by molar-refractivity contribution is -0.127. The number of benzene rings is 4. The third-order valence-electron chi connectivity index (χ3n) is 6.91. The van der Waals surface area contributed by atoms with Gasteiger partial charge in [-0.25, -0.2) is 8.42 Å². The number of aryl methyl sites for hydroxylation is 1. The van der Waals surface area contributed by atoms with E-state index in [2.05, 4.69) is 5.32 Å². The van der Waals surface area contributed by atoms with Crippen molar-refractivity contribution in [3.63, 3.8) is 0 Å². The van der Waals surface area contributed by atoms with E-state index in [1.165, 1.54) is 17.0 Å². The molecule has 4 aromatic rings. The molecule has 1 heterocycles. The van der Waals surface area contributed by atoms with Crippen molar-refractivity contribution >= 4 is 44.6 Å². The highest BCUT2D eigenvalue weighted by molar-refractivity contribution is 7.92. The molecule has 0 aliphatic carbocycles. The smallest absolute Gasteiger partial charge is 0.264 e. The quantitative estimate of drug-likeness (QED) is 0.299. The first-order valence-electron chi connectivity index (χ1n) is 13.1. The molecule has 1 unspecified atom stereocenters. The van der Waals surface area contributed by atoms with Crippen LogP contribution in [0.15, 0.2) is 113 Å². The Hall–Kier alpha value is -4.76. The molecule has 41 heavy (non-hydrogen) atoms. The van der Waals surface area contributed by atoms with Crippen LogP contribution in [0.4, 0.5) is 17.1 Å². The number of nitrogens with zero attached hydrogens (tertiary/aromatic N) is 3. The van der Waals surface area contributed by atoms with E-state index in [-0.39, 0.29) is 23.3 Å². The predicted octanol–water partition coefficient (Wildman–Crippen LogP) is 5.14. The summed E-state index contributed by atoms with van der Waals surface area (Å²) in [5.74, 6) is -1.13. The Kier molecular flexibility index (Phi) is 7.72. The number of anilines is 2. The number of hydrogen-bond donors (Lipinski definition) is 1. The number of likely N-dealkylation sites (N-methyl/N-ethyl adjacent to an activating group) is 1. The summed E-state index contributed by atoms with van der Waals surface area (Å²) in [5.41, 5.74) is 4.76. The van der Waals surface area contributed by atoms with Crippen molar-refractivity contribution in [3.05, 3.63) is 120 Å². The Morgan fingerprint density at radius 3 is 2.15 bits per heavy atom. The molecule has 0 bridgehead atoms. The average molecular weight is 567 g/mol. The van der Waals surface area contributed by atoms with Gasteiger partial charge in [-0.3, -0.25) is 18.9 Å². The molecule has 0 saturated heterocycles. The number of sulfonamides is 1. The highest BCUT2D eigenvalue weighted by Gasteiger charge is 2.35. The van der Waals surface area contributed by atoms with Gasteiger partial charge in [0.1, 0.15) is 12.5 Å². The number of carbonyl (C=O) groups is 2. The van der Waals surface area contributed by atoms with Gasteiger partial charge >= 0.3 is 0 Å². The van der Waals surface area contributed by atoms with Crippen molar-refractivity contribution in [2.45, 2.75) is 17.7 Å². The van der Waals surface area contributed by atoms with Gasteiger partial charge in [0.2, 0.25) is 11.8 Å². The molecule has 8 nitrogen and oxygen atoms in total. The lowest BCUT2D eigenvalue weighted by Gasteiger charge is -2.25. The monoisotopic (exact) mass is 566 g/mol. The van der Waals surface area contributed by atoms with E-state index in [4.69, 9.17) is 4.99 Å². The number of hydrogen-bond acceptors (Lipinski definition) is 5. The number of amides is 2. The van der Waals surface area contributed by atoms with Crippen molar-refractivity contribution in [2.75, 3.05) is 30.3 Å². The molecule has 1 aliphatic heterocycles. The van der Waals surface area contributed by atoms with Gasteiger partial charge in [0.25, 0.3) is 10.0 Å². The normalized spacial score (nSPS) is 14.8. The minimum Gasteiger partial charge on any atom is -0.347 e. The standard InChI is InChI=1S/C32H30N4O4S/c1-22-13-19-26(20-14-22)41(39,40)36(21-29(37)35(2)3)25-17-15-24(16-18-25)33-31(23-9-5-4-6-10-23)30-27-11-7-8-12-28(27)34-32(30)38/h4-20,30H,21H2,1-3H3,(H,34,38). The summed E-state index contributed by atoms with van der Waals surface area (Å²) >= 11 is 0. The van der Waals surface area contributed by atoms with Crippen LogP contribution < -0.4 is 9.62 Å². The van der Waals surface area contributed by atoms with Gasteiger partial charge in [-0.2, -0.15) is 0 Å². The number of nitrogens with one attached hydrogen (secondary N) is 1. The van der Waals surface area contributed by atoms with E-state index in [1.54, 1.807) is 50.5 Å². The van der Waals surface area contributed by atoms with E-state index >= 15 is 0 Å². The molecule has 4 aromatic carbocycles. The minimum atomic E-state index is -4.04. The first-order chi connectivity index (χ1) is 19.6. The second-order valence-electron chi connectivity index (χ2n) is 10.0. The van der Waals surface area contributed by atoms with E-state index in [9.17, 15) is 18.0 Å². The SMILES string of the molecule is Cc1ccc(S(=O)(=O)N(CC(=O)N(C)C)c2ccc(N=C(c3ccccc3)C3C(=O)Nc4ccccc43)cc2)cc1. The molecule has 1 atom stereocenters. The molecule has 208 valence electrons. The molecule has 1 aliphatic rings. The largest absolute Gasteiger partial charge is 0.347 e. The van der Waals surface area contributed by atoms with Crippen molar-refractivity contribution in [1.82, 2.24) is 4.90 Å². The second kappa shape index (κ2) is 11.4. The topological polar surface area (TPSA) is 99.2 Å². The van der Waals surface area contributed by atoms with Crippen LogP contribution in [0.5, 0.6) is 0 Å². The van der Waals surface area contributed by atoms with Crippen molar-refractivity contribution in [3.8, 4) is 0 Å². The van der Waals surface area contributed by atoms with Crippen molar-refractivity contribution in [2.24, 2.45) is 4.99 Å². The van der Waals surface area contributed by atoms with Gasteiger partial charge < -0.3 is 10.2 Å². The highest BCUT2D eigenvalue weighted by atomic mass is 32.2. The number of para-hydroxylation sites is 1.